The molecule has 2 N–H and O–H groups in total. The summed E-state index contributed by atoms with van der Waals surface area (Å²) in [5.74, 6) is -1.14. The lowest BCUT2D eigenvalue weighted by Crippen LogP contribution is -2.31. The molecule has 0 aromatic heterocycles. The van der Waals surface area contributed by atoms with Crippen molar-refractivity contribution in [1.29, 1.82) is 0 Å². The number of carbonyl (C=O) groups is 1. The Bertz CT molecular complexity index is 618. The Kier molecular flexibility index (Phi) is 4.87. The number of rotatable bonds is 4. The van der Waals surface area contributed by atoms with Crippen LogP contribution in [-0.2, 0) is 0 Å². The van der Waals surface area contributed by atoms with Gasteiger partial charge in [0, 0.05) is 4.47 Å². The lowest BCUT2D eigenvalue weighted by atomic mass is 10.1. The molecule has 0 aliphatic heterocycles. The normalized spacial score (nSPS) is 11.9. The smallest absolute Gasteiger partial charge is 0.254 e. The van der Waals surface area contributed by atoms with Crippen LogP contribution in [0.4, 0.5) is 4.39 Å². The molecule has 5 heteroatoms. The summed E-state index contributed by atoms with van der Waals surface area (Å²) in [5, 5.41) is 12.0. The van der Waals surface area contributed by atoms with E-state index in [1.165, 1.54) is 18.2 Å². The molecule has 0 heterocycles. The van der Waals surface area contributed by atoms with Crippen molar-refractivity contribution < 1.29 is 14.3 Å². The number of halogens is 2. The number of aliphatic hydroxyl groups is 1. The summed E-state index contributed by atoms with van der Waals surface area (Å²) in [5.41, 5.74) is 0.701. The van der Waals surface area contributed by atoms with Crippen molar-refractivity contribution in [1.82, 2.24) is 5.32 Å². The van der Waals surface area contributed by atoms with Crippen LogP contribution in [0.3, 0.4) is 0 Å². The van der Waals surface area contributed by atoms with Gasteiger partial charge in [0.1, 0.15) is 5.82 Å². The third-order valence-corrected chi connectivity index (χ3v) is 3.35. The number of benzene rings is 2. The summed E-state index contributed by atoms with van der Waals surface area (Å²) in [7, 11) is 0. The van der Waals surface area contributed by atoms with Crippen molar-refractivity contribution in [3.63, 3.8) is 0 Å². The van der Waals surface area contributed by atoms with Crippen LogP contribution in [0.2, 0.25) is 0 Å². The molecule has 20 heavy (non-hydrogen) atoms. The third kappa shape index (κ3) is 3.43. The number of nitrogens with one attached hydrogen (secondary N) is 1. The molecule has 0 saturated carbocycles. The molecule has 2 aromatic carbocycles. The first kappa shape index (κ1) is 14.7. The molecule has 2 rings (SSSR count). The van der Waals surface area contributed by atoms with Gasteiger partial charge in [0.2, 0.25) is 0 Å². The zero-order valence-corrected chi connectivity index (χ0v) is 12.1. The summed E-state index contributed by atoms with van der Waals surface area (Å²) < 4.78 is 14.4. The molecule has 0 aliphatic rings. The fraction of sp³-hybridized carbons (Fsp3) is 0.133. The van der Waals surface area contributed by atoms with Crippen LogP contribution < -0.4 is 5.32 Å². The second-order valence-electron chi connectivity index (χ2n) is 4.24. The SMILES string of the molecule is O=C(N[C@@H](CO)c1cccc(Br)c1)c1ccccc1F. The Labute approximate surface area is 124 Å². The second-order valence-corrected chi connectivity index (χ2v) is 5.16. The average molecular weight is 338 g/mol. The summed E-state index contributed by atoms with van der Waals surface area (Å²) in [6.07, 6.45) is 0. The van der Waals surface area contributed by atoms with Crippen LogP contribution in [0.1, 0.15) is 22.0 Å². The predicted octanol–water partition coefficient (Wildman–Crippen LogP) is 3.05. The van der Waals surface area contributed by atoms with Crippen molar-refractivity contribution in [3.8, 4) is 0 Å². The first-order chi connectivity index (χ1) is 9.61. The summed E-state index contributed by atoms with van der Waals surface area (Å²) in [6.45, 7) is -0.267. The van der Waals surface area contributed by atoms with Crippen molar-refractivity contribution in [3.05, 3.63) is 69.9 Å². The molecule has 0 unspecified atom stereocenters. The van der Waals surface area contributed by atoms with Gasteiger partial charge >= 0.3 is 0 Å². The maximum absolute atomic E-state index is 13.5. The Hall–Kier alpha value is -1.72. The quantitative estimate of drug-likeness (QED) is 0.900. The summed E-state index contributed by atoms with van der Waals surface area (Å²) in [6, 6.07) is 12.4. The van der Waals surface area contributed by atoms with E-state index < -0.39 is 17.8 Å². The van der Waals surface area contributed by atoms with Crippen molar-refractivity contribution >= 4 is 21.8 Å². The van der Waals surface area contributed by atoms with E-state index in [4.69, 9.17) is 0 Å². The molecule has 0 radical (unpaired) electrons. The third-order valence-electron chi connectivity index (χ3n) is 2.86. The Balaban J connectivity index is 2.19. The fourth-order valence-electron chi connectivity index (χ4n) is 1.84. The maximum Gasteiger partial charge on any atom is 0.254 e. The molecule has 0 fully saturated rings. The number of carbonyl (C=O) groups excluding carboxylic acids is 1. The first-order valence-corrected chi connectivity index (χ1v) is 6.83. The number of amides is 1. The molecule has 0 bridgehead atoms. The maximum atomic E-state index is 13.5. The van der Waals surface area contributed by atoms with E-state index in [1.807, 2.05) is 6.07 Å². The van der Waals surface area contributed by atoms with E-state index in [-0.39, 0.29) is 12.2 Å². The molecule has 2 aromatic rings. The summed E-state index contributed by atoms with van der Waals surface area (Å²) >= 11 is 3.33. The van der Waals surface area contributed by atoms with E-state index in [1.54, 1.807) is 24.3 Å². The van der Waals surface area contributed by atoms with E-state index in [2.05, 4.69) is 21.2 Å². The van der Waals surface area contributed by atoms with Gasteiger partial charge < -0.3 is 10.4 Å². The molecule has 1 amide bonds. The lowest BCUT2D eigenvalue weighted by molar-refractivity contribution is 0.0912. The van der Waals surface area contributed by atoms with Crippen LogP contribution in [0.25, 0.3) is 0 Å². The Morgan fingerprint density at radius 3 is 2.65 bits per heavy atom. The highest BCUT2D eigenvalue weighted by molar-refractivity contribution is 9.10. The van der Waals surface area contributed by atoms with E-state index in [9.17, 15) is 14.3 Å². The van der Waals surface area contributed by atoms with E-state index in [0.29, 0.717) is 0 Å². The molecular formula is C15H13BrFNO2. The highest BCUT2D eigenvalue weighted by Gasteiger charge is 2.17. The lowest BCUT2D eigenvalue weighted by Gasteiger charge is -2.17. The second kappa shape index (κ2) is 6.63. The van der Waals surface area contributed by atoms with Crippen LogP contribution >= 0.6 is 15.9 Å². The van der Waals surface area contributed by atoms with Gasteiger partial charge in [0.15, 0.2) is 0 Å². The average Bonchev–Trinajstić information content (AvgIpc) is 2.45. The zero-order valence-electron chi connectivity index (χ0n) is 10.5. The minimum Gasteiger partial charge on any atom is -0.394 e. The van der Waals surface area contributed by atoms with Crippen molar-refractivity contribution in [2.24, 2.45) is 0 Å². The number of aliphatic hydroxyl groups excluding tert-OH is 1. The standard InChI is InChI=1S/C15H13BrFNO2/c16-11-5-3-4-10(8-11)14(9-19)18-15(20)12-6-1-2-7-13(12)17/h1-8,14,19H,9H2,(H,18,20)/t14-/m0/s1. The zero-order chi connectivity index (χ0) is 14.5. The van der Waals surface area contributed by atoms with Crippen LogP contribution in [-0.4, -0.2) is 17.6 Å². The fourth-order valence-corrected chi connectivity index (χ4v) is 2.26. The minimum atomic E-state index is -0.587. The van der Waals surface area contributed by atoms with Crippen LogP contribution in [0, 0.1) is 5.82 Å². The topological polar surface area (TPSA) is 49.3 Å². The van der Waals surface area contributed by atoms with Gasteiger partial charge in [-0.15, -0.1) is 0 Å². The number of hydrogen-bond acceptors (Lipinski definition) is 2. The summed E-state index contributed by atoms with van der Waals surface area (Å²) in [4.78, 5) is 12.0. The Morgan fingerprint density at radius 1 is 1.25 bits per heavy atom. The van der Waals surface area contributed by atoms with Gasteiger partial charge in [-0.05, 0) is 29.8 Å². The predicted molar refractivity (Wildman–Crippen MR) is 77.8 cm³/mol. The van der Waals surface area contributed by atoms with Gasteiger partial charge in [-0.25, -0.2) is 4.39 Å². The van der Waals surface area contributed by atoms with Gasteiger partial charge in [0.25, 0.3) is 5.91 Å². The highest BCUT2D eigenvalue weighted by atomic mass is 79.9. The molecule has 104 valence electrons. The monoisotopic (exact) mass is 337 g/mol. The van der Waals surface area contributed by atoms with Crippen LogP contribution in [0.5, 0.6) is 0 Å². The van der Waals surface area contributed by atoms with Crippen molar-refractivity contribution in [2.75, 3.05) is 6.61 Å². The van der Waals surface area contributed by atoms with Gasteiger partial charge in [-0.3, -0.25) is 4.79 Å². The molecule has 0 saturated heterocycles. The first-order valence-electron chi connectivity index (χ1n) is 6.03. The van der Waals surface area contributed by atoms with E-state index in [0.717, 1.165) is 10.0 Å². The number of hydrogen-bond donors (Lipinski definition) is 2. The molecule has 3 nitrogen and oxygen atoms in total. The van der Waals surface area contributed by atoms with Gasteiger partial charge in [-0.1, -0.05) is 40.2 Å². The molecule has 1 atom stereocenters. The van der Waals surface area contributed by atoms with Gasteiger partial charge in [0.05, 0.1) is 18.2 Å². The van der Waals surface area contributed by atoms with Crippen molar-refractivity contribution in [2.45, 2.75) is 6.04 Å². The molecule has 0 spiro atoms. The highest BCUT2D eigenvalue weighted by Crippen LogP contribution is 2.19. The minimum absolute atomic E-state index is 0.0408. The Morgan fingerprint density at radius 2 is 2.00 bits per heavy atom. The van der Waals surface area contributed by atoms with Crippen LogP contribution in [0.15, 0.2) is 53.0 Å². The van der Waals surface area contributed by atoms with Gasteiger partial charge in [-0.2, -0.15) is 0 Å². The largest absolute Gasteiger partial charge is 0.394 e. The van der Waals surface area contributed by atoms with E-state index >= 15 is 0 Å². The molecular weight excluding hydrogens is 325 g/mol. The molecule has 0 aliphatic carbocycles.